The van der Waals surface area contributed by atoms with Gasteiger partial charge in [0.15, 0.2) is 9.84 Å². The molecule has 8 nitrogen and oxygen atoms in total. The average molecular weight is 439 g/mol. The molecule has 2 N–H and O–H groups in total. The number of hydrogen-bond donors (Lipinski definition) is 2. The van der Waals surface area contributed by atoms with Crippen molar-refractivity contribution in [3.05, 3.63) is 93.5 Å². The zero-order chi connectivity index (χ0) is 22.6. The number of amides is 1. The van der Waals surface area contributed by atoms with Crippen LogP contribution in [0.4, 0.5) is 17.1 Å². The Morgan fingerprint density at radius 2 is 1.71 bits per heavy atom. The number of hydrogen-bond acceptors (Lipinski definition) is 6. The number of aryl methyl sites for hydroxylation is 1. The molecule has 3 rings (SSSR count). The zero-order valence-electron chi connectivity index (χ0n) is 17.0. The van der Waals surface area contributed by atoms with Crippen molar-refractivity contribution >= 4 is 32.8 Å². The van der Waals surface area contributed by atoms with E-state index >= 15 is 0 Å². The van der Waals surface area contributed by atoms with Crippen LogP contribution in [-0.4, -0.2) is 25.5 Å². The fourth-order valence-corrected chi connectivity index (χ4v) is 3.81. The molecule has 0 aliphatic rings. The Balaban J connectivity index is 1.72. The lowest BCUT2D eigenvalue weighted by Crippen LogP contribution is -2.12. The summed E-state index contributed by atoms with van der Waals surface area (Å²) in [6.07, 6.45) is 0.930. The first-order chi connectivity index (χ1) is 14.6. The monoisotopic (exact) mass is 439 g/mol. The third kappa shape index (κ3) is 5.67. The van der Waals surface area contributed by atoms with Gasteiger partial charge in [0.05, 0.1) is 4.92 Å². The predicted octanol–water partition coefficient (Wildman–Crippen LogP) is 4.17. The maximum Gasteiger partial charge on any atom is 0.288 e. The van der Waals surface area contributed by atoms with E-state index in [9.17, 15) is 23.3 Å². The lowest BCUT2D eigenvalue weighted by Gasteiger charge is -2.11. The van der Waals surface area contributed by atoms with Gasteiger partial charge in [-0.2, -0.15) is 0 Å². The van der Waals surface area contributed by atoms with Gasteiger partial charge in [0.2, 0.25) is 0 Å². The second kappa shape index (κ2) is 8.97. The molecule has 1 amide bonds. The lowest BCUT2D eigenvalue weighted by atomic mass is 10.1. The second-order valence-corrected chi connectivity index (χ2v) is 9.07. The molecule has 0 unspecified atom stereocenters. The molecule has 0 spiro atoms. The van der Waals surface area contributed by atoms with E-state index in [1.165, 1.54) is 12.1 Å². The number of nitro groups is 1. The van der Waals surface area contributed by atoms with Gasteiger partial charge in [-0.1, -0.05) is 29.8 Å². The van der Waals surface area contributed by atoms with Crippen LogP contribution in [0.2, 0.25) is 0 Å². The molecule has 31 heavy (non-hydrogen) atoms. The summed E-state index contributed by atoms with van der Waals surface area (Å²) in [5.74, 6) is -0.224. The van der Waals surface area contributed by atoms with Crippen LogP contribution in [0.3, 0.4) is 0 Å². The van der Waals surface area contributed by atoms with Gasteiger partial charge in [0, 0.05) is 35.8 Å². The Labute approximate surface area is 180 Å². The van der Waals surface area contributed by atoms with Gasteiger partial charge in [0.25, 0.3) is 11.6 Å². The summed E-state index contributed by atoms with van der Waals surface area (Å²) in [6.45, 7) is 2.28. The lowest BCUT2D eigenvalue weighted by molar-refractivity contribution is -0.387. The molecule has 0 atom stereocenters. The summed E-state index contributed by atoms with van der Waals surface area (Å²) < 4.78 is 23.8. The molecule has 0 saturated heterocycles. The van der Waals surface area contributed by atoms with Gasteiger partial charge < -0.3 is 10.6 Å². The Morgan fingerprint density at radius 3 is 2.35 bits per heavy atom. The van der Waals surface area contributed by atoms with Gasteiger partial charge in [-0.05, 0) is 48.9 Å². The van der Waals surface area contributed by atoms with E-state index < -0.39 is 20.4 Å². The molecule has 3 aromatic rings. The molecule has 0 aromatic heterocycles. The fourth-order valence-electron chi connectivity index (χ4n) is 2.94. The van der Waals surface area contributed by atoms with Gasteiger partial charge in [-0.3, -0.25) is 14.9 Å². The molecule has 0 fully saturated rings. The van der Waals surface area contributed by atoms with Crippen molar-refractivity contribution in [2.24, 2.45) is 0 Å². The summed E-state index contributed by atoms with van der Waals surface area (Å²) in [5, 5.41) is 17.0. The van der Waals surface area contributed by atoms with Crippen molar-refractivity contribution in [1.29, 1.82) is 0 Å². The third-order valence-corrected chi connectivity index (χ3v) is 5.68. The molecule has 0 aliphatic carbocycles. The van der Waals surface area contributed by atoms with Gasteiger partial charge in [-0.25, -0.2) is 8.42 Å². The zero-order valence-corrected chi connectivity index (χ0v) is 17.8. The topological polar surface area (TPSA) is 118 Å². The highest BCUT2D eigenvalue weighted by Gasteiger charge is 2.22. The van der Waals surface area contributed by atoms with Crippen molar-refractivity contribution in [2.45, 2.75) is 18.4 Å². The highest BCUT2D eigenvalue weighted by atomic mass is 32.2. The number of anilines is 2. The number of nitrogens with zero attached hydrogens (tertiary/aromatic N) is 1. The van der Waals surface area contributed by atoms with E-state index in [-0.39, 0.29) is 10.8 Å². The first-order valence-corrected chi connectivity index (χ1v) is 11.2. The Hall–Kier alpha value is -3.72. The number of sulfone groups is 1. The van der Waals surface area contributed by atoms with E-state index in [2.05, 4.69) is 10.6 Å². The predicted molar refractivity (Wildman–Crippen MR) is 119 cm³/mol. The van der Waals surface area contributed by atoms with E-state index in [1.54, 1.807) is 30.3 Å². The van der Waals surface area contributed by atoms with Crippen LogP contribution in [0.5, 0.6) is 0 Å². The molecule has 0 saturated carbocycles. The van der Waals surface area contributed by atoms with Crippen molar-refractivity contribution in [2.75, 3.05) is 16.9 Å². The minimum absolute atomic E-state index is 0.224. The first-order valence-electron chi connectivity index (χ1n) is 9.33. The Bertz CT molecular complexity index is 1240. The van der Waals surface area contributed by atoms with Gasteiger partial charge in [0.1, 0.15) is 4.90 Å². The molecular formula is C22H21N3O5S. The van der Waals surface area contributed by atoms with Gasteiger partial charge in [-0.15, -0.1) is 0 Å². The fraction of sp³-hybridized carbons (Fsp3) is 0.136. The van der Waals surface area contributed by atoms with Crippen LogP contribution in [0, 0.1) is 17.0 Å². The van der Waals surface area contributed by atoms with E-state index in [1.807, 2.05) is 25.1 Å². The molecule has 0 heterocycles. The number of carbonyl (C=O) groups is 1. The Kier molecular flexibility index (Phi) is 6.36. The van der Waals surface area contributed by atoms with Crippen molar-refractivity contribution < 1.29 is 18.1 Å². The van der Waals surface area contributed by atoms with Crippen LogP contribution < -0.4 is 10.6 Å². The average Bonchev–Trinajstić information content (AvgIpc) is 2.72. The molecule has 0 aliphatic heterocycles. The summed E-state index contributed by atoms with van der Waals surface area (Å²) in [5.41, 5.74) is 3.03. The first kappa shape index (κ1) is 22.0. The summed E-state index contributed by atoms with van der Waals surface area (Å²) in [4.78, 5) is 22.4. The standard InChI is InChI=1S/C22H21N3O5S/c1-15-6-8-17(9-7-15)22(26)24-19-5-3-4-16(12-19)14-23-18-10-11-20(25(27)28)21(13-18)31(2,29)30/h3-13,23H,14H2,1-2H3,(H,24,26). The SMILES string of the molecule is Cc1ccc(C(=O)Nc2cccc(CNc3ccc([N+](=O)[O-])c(S(C)(=O)=O)c3)c2)cc1. The number of rotatable bonds is 7. The van der Waals surface area contributed by atoms with Crippen molar-refractivity contribution in [3.8, 4) is 0 Å². The number of benzene rings is 3. The van der Waals surface area contributed by atoms with Crippen LogP contribution in [0.1, 0.15) is 21.5 Å². The van der Waals surface area contributed by atoms with E-state index in [4.69, 9.17) is 0 Å². The molecule has 160 valence electrons. The van der Waals surface area contributed by atoms with Crippen molar-refractivity contribution in [1.82, 2.24) is 0 Å². The molecular weight excluding hydrogens is 418 g/mol. The molecule has 0 radical (unpaired) electrons. The molecule has 3 aromatic carbocycles. The smallest absolute Gasteiger partial charge is 0.288 e. The van der Waals surface area contributed by atoms with Crippen LogP contribution in [0.15, 0.2) is 71.6 Å². The number of nitrogens with one attached hydrogen (secondary N) is 2. The maximum absolute atomic E-state index is 12.4. The number of carbonyl (C=O) groups excluding carboxylic acids is 1. The summed E-state index contributed by atoms with van der Waals surface area (Å²) in [7, 11) is -3.76. The second-order valence-electron chi connectivity index (χ2n) is 7.09. The molecule has 0 bridgehead atoms. The third-order valence-electron chi connectivity index (χ3n) is 4.55. The van der Waals surface area contributed by atoms with Crippen LogP contribution in [-0.2, 0) is 16.4 Å². The minimum Gasteiger partial charge on any atom is -0.381 e. The van der Waals surface area contributed by atoms with Crippen LogP contribution >= 0.6 is 0 Å². The highest BCUT2D eigenvalue weighted by molar-refractivity contribution is 7.90. The summed E-state index contributed by atoms with van der Waals surface area (Å²) in [6, 6.07) is 18.3. The van der Waals surface area contributed by atoms with E-state index in [0.717, 1.165) is 23.4 Å². The number of nitro benzene ring substituents is 1. The largest absolute Gasteiger partial charge is 0.381 e. The van der Waals surface area contributed by atoms with Crippen molar-refractivity contribution in [3.63, 3.8) is 0 Å². The quantitative estimate of drug-likeness (QED) is 0.421. The van der Waals surface area contributed by atoms with Gasteiger partial charge >= 0.3 is 0 Å². The Morgan fingerprint density at radius 1 is 1.00 bits per heavy atom. The highest BCUT2D eigenvalue weighted by Crippen LogP contribution is 2.27. The summed E-state index contributed by atoms with van der Waals surface area (Å²) >= 11 is 0. The minimum atomic E-state index is -3.76. The maximum atomic E-state index is 12.4. The normalized spacial score (nSPS) is 11.0. The van der Waals surface area contributed by atoms with Crippen LogP contribution in [0.25, 0.3) is 0 Å². The molecule has 9 heteroatoms. The van der Waals surface area contributed by atoms with E-state index in [0.29, 0.717) is 23.5 Å².